The standard InChI is InChI=1S/C12H14N4O4S/c1-3-4-7-14-8(20-16-7)5-21-10-9(11(17)18)6(2)13-12(19)15-10/h3-5H2,1-2H3,(H,17,18)(H,13,15,19). The molecular formula is C12H14N4O4S. The first-order chi connectivity index (χ1) is 10.0. The maximum atomic E-state index is 11.4. The molecule has 0 atom stereocenters. The van der Waals surface area contributed by atoms with Gasteiger partial charge < -0.3 is 14.6 Å². The largest absolute Gasteiger partial charge is 0.478 e. The van der Waals surface area contributed by atoms with E-state index in [1.807, 2.05) is 6.92 Å². The van der Waals surface area contributed by atoms with Crippen LogP contribution >= 0.6 is 11.8 Å². The molecule has 0 fully saturated rings. The Morgan fingerprint density at radius 2 is 2.19 bits per heavy atom. The molecule has 8 nitrogen and oxygen atoms in total. The third-order valence-electron chi connectivity index (χ3n) is 2.62. The van der Waals surface area contributed by atoms with Crippen LogP contribution in [0.5, 0.6) is 0 Å². The van der Waals surface area contributed by atoms with Gasteiger partial charge in [0.05, 0.1) is 5.75 Å². The third-order valence-corrected chi connectivity index (χ3v) is 3.58. The number of nitrogens with one attached hydrogen (secondary N) is 1. The van der Waals surface area contributed by atoms with E-state index < -0.39 is 11.7 Å². The van der Waals surface area contributed by atoms with Gasteiger partial charge in [0.2, 0.25) is 5.89 Å². The van der Waals surface area contributed by atoms with Gasteiger partial charge in [0.15, 0.2) is 5.82 Å². The number of carboxylic acids is 1. The van der Waals surface area contributed by atoms with Gasteiger partial charge in [0.1, 0.15) is 10.6 Å². The number of rotatable bonds is 6. The van der Waals surface area contributed by atoms with Gasteiger partial charge in [-0.3, -0.25) is 0 Å². The van der Waals surface area contributed by atoms with Gasteiger partial charge in [-0.15, -0.1) is 0 Å². The summed E-state index contributed by atoms with van der Waals surface area (Å²) >= 11 is 1.08. The lowest BCUT2D eigenvalue weighted by atomic mass is 10.2. The molecule has 0 saturated carbocycles. The highest BCUT2D eigenvalue weighted by Crippen LogP contribution is 2.24. The minimum atomic E-state index is -1.14. The maximum absolute atomic E-state index is 11.4. The summed E-state index contributed by atoms with van der Waals surface area (Å²) in [6, 6.07) is 0. The maximum Gasteiger partial charge on any atom is 0.346 e. The first-order valence-corrected chi connectivity index (χ1v) is 7.28. The highest BCUT2D eigenvalue weighted by Gasteiger charge is 2.18. The molecular weight excluding hydrogens is 296 g/mol. The molecule has 112 valence electrons. The van der Waals surface area contributed by atoms with Crippen molar-refractivity contribution in [2.45, 2.75) is 37.5 Å². The van der Waals surface area contributed by atoms with Crippen LogP contribution in [0.1, 0.15) is 41.1 Å². The minimum absolute atomic E-state index is 0.0205. The first kappa shape index (κ1) is 15.2. The molecule has 0 bridgehead atoms. The molecule has 0 saturated heterocycles. The molecule has 0 aromatic carbocycles. The molecule has 0 aliphatic heterocycles. The summed E-state index contributed by atoms with van der Waals surface area (Å²) in [5.74, 6) is 0.101. The molecule has 0 spiro atoms. The van der Waals surface area contributed by atoms with Crippen molar-refractivity contribution in [1.29, 1.82) is 0 Å². The quantitative estimate of drug-likeness (QED) is 0.606. The number of aromatic nitrogens is 4. The number of H-pyrrole nitrogens is 1. The second-order valence-electron chi connectivity index (χ2n) is 4.30. The molecule has 21 heavy (non-hydrogen) atoms. The van der Waals surface area contributed by atoms with Crippen molar-refractivity contribution in [2.75, 3.05) is 0 Å². The van der Waals surface area contributed by atoms with Crippen LogP contribution in [-0.2, 0) is 12.2 Å². The molecule has 2 aromatic heterocycles. The Morgan fingerprint density at radius 1 is 1.43 bits per heavy atom. The smallest absolute Gasteiger partial charge is 0.346 e. The lowest BCUT2D eigenvalue weighted by Crippen LogP contribution is -2.18. The number of thioether (sulfide) groups is 1. The van der Waals surface area contributed by atoms with Crippen LogP contribution in [0.2, 0.25) is 0 Å². The normalized spacial score (nSPS) is 10.8. The van der Waals surface area contributed by atoms with Crippen LogP contribution in [0, 0.1) is 6.92 Å². The van der Waals surface area contributed by atoms with Gasteiger partial charge in [0, 0.05) is 12.1 Å². The van der Waals surface area contributed by atoms with E-state index in [9.17, 15) is 14.7 Å². The van der Waals surface area contributed by atoms with E-state index in [0.717, 1.165) is 24.6 Å². The van der Waals surface area contributed by atoms with E-state index in [2.05, 4.69) is 20.1 Å². The first-order valence-electron chi connectivity index (χ1n) is 6.29. The average molecular weight is 310 g/mol. The van der Waals surface area contributed by atoms with Gasteiger partial charge in [-0.05, 0) is 13.3 Å². The monoisotopic (exact) mass is 310 g/mol. The van der Waals surface area contributed by atoms with Crippen LogP contribution in [0.15, 0.2) is 14.3 Å². The highest BCUT2D eigenvalue weighted by molar-refractivity contribution is 7.98. The Balaban J connectivity index is 2.19. The summed E-state index contributed by atoms with van der Waals surface area (Å²) in [5, 5.41) is 13.1. The van der Waals surface area contributed by atoms with Crippen molar-refractivity contribution in [3.05, 3.63) is 33.5 Å². The number of aryl methyl sites for hydroxylation is 2. The summed E-state index contributed by atoms with van der Waals surface area (Å²) in [6.45, 7) is 3.52. The van der Waals surface area contributed by atoms with Crippen LogP contribution in [0.25, 0.3) is 0 Å². The van der Waals surface area contributed by atoms with Crippen molar-refractivity contribution < 1.29 is 14.4 Å². The Labute approximate surface area is 124 Å². The summed E-state index contributed by atoms with van der Waals surface area (Å²) in [6.07, 6.45) is 1.63. The van der Waals surface area contributed by atoms with E-state index in [1.165, 1.54) is 6.92 Å². The van der Waals surface area contributed by atoms with Crippen LogP contribution in [-0.4, -0.2) is 31.2 Å². The minimum Gasteiger partial charge on any atom is -0.478 e. The molecule has 0 aliphatic rings. The van der Waals surface area contributed by atoms with Gasteiger partial charge >= 0.3 is 11.7 Å². The molecule has 9 heteroatoms. The molecule has 0 unspecified atom stereocenters. The SMILES string of the molecule is CCCc1noc(CSc2nc(=O)[nH]c(C)c2C(=O)O)n1. The Hall–Kier alpha value is -2.16. The Kier molecular flexibility index (Phi) is 4.73. The topological polar surface area (TPSA) is 122 Å². The molecule has 2 heterocycles. The van der Waals surface area contributed by atoms with Crippen LogP contribution in [0.4, 0.5) is 0 Å². The lowest BCUT2D eigenvalue weighted by molar-refractivity contribution is 0.0690. The zero-order valence-corrected chi connectivity index (χ0v) is 12.4. The molecule has 0 radical (unpaired) electrons. The molecule has 0 aliphatic carbocycles. The number of hydrogen-bond donors (Lipinski definition) is 2. The van der Waals surface area contributed by atoms with Crippen molar-refractivity contribution in [3.63, 3.8) is 0 Å². The summed E-state index contributed by atoms with van der Waals surface area (Å²) in [4.78, 5) is 32.8. The summed E-state index contributed by atoms with van der Waals surface area (Å²) in [5.41, 5.74) is -0.340. The fourth-order valence-electron chi connectivity index (χ4n) is 1.72. The van der Waals surface area contributed by atoms with Crippen molar-refractivity contribution >= 4 is 17.7 Å². The predicted octanol–water partition coefficient (Wildman–Crippen LogP) is 1.40. The van der Waals surface area contributed by atoms with E-state index in [1.54, 1.807) is 0 Å². The Morgan fingerprint density at radius 3 is 2.86 bits per heavy atom. The van der Waals surface area contributed by atoms with E-state index in [4.69, 9.17) is 4.52 Å². The molecule has 0 amide bonds. The number of aromatic carboxylic acids is 1. The fraction of sp³-hybridized carbons (Fsp3) is 0.417. The molecule has 2 aromatic rings. The van der Waals surface area contributed by atoms with Crippen LogP contribution in [0.3, 0.4) is 0 Å². The lowest BCUT2D eigenvalue weighted by Gasteiger charge is -2.05. The van der Waals surface area contributed by atoms with Crippen LogP contribution < -0.4 is 5.69 Å². The third kappa shape index (κ3) is 3.69. The number of hydrogen-bond acceptors (Lipinski definition) is 7. The van der Waals surface area contributed by atoms with Gasteiger partial charge in [-0.1, -0.05) is 23.8 Å². The van der Waals surface area contributed by atoms with Gasteiger partial charge in [-0.2, -0.15) is 9.97 Å². The van der Waals surface area contributed by atoms with Gasteiger partial charge in [-0.25, -0.2) is 9.59 Å². The van der Waals surface area contributed by atoms with Crippen molar-refractivity contribution in [1.82, 2.24) is 20.1 Å². The number of nitrogens with zero attached hydrogens (tertiary/aromatic N) is 3. The number of aromatic amines is 1. The summed E-state index contributed by atoms with van der Waals surface area (Å²) in [7, 11) is 0. The summed E-state index contributed by atoms with van der Waals surface area (Å²) < 4.78 is 5.06. The Bertz CT molecular complexity index is 710. The van der Waals surface area contributed by atoms with Gasteiger partial charge in [0.25, 0.3) is 0 Å². The number of carboxylic acid groups (broad SMARTS) is 1. The zero-order valence-electron chi connectivity index (χ0n) is 11.5. The second kappa shape index (κ2) is 6.53. The number of carbonyl (C=O) groups is 1. The second-order valence-corrected chi connectivity index (χ2v) is 5.26. The van der Waals surface area contributed by atoms with Crippen molar-refractivity contribution in [3.8, 4) is 0 Å². The van der Waals surface area contributed by atoms with E-state index in [0.29, 0.717) is 11.7 Å². The van der Waals surface area contributed by atoms with E-state index in [-0.39, 0.29) is 22.0 Å². The zero-order chi connectivity index (χ0) is 15.4. The highest BCUT2D eigenvalue weighted by atomic mass is 32.2. The average Bonchev–Trinajstić information content (AvgIpc) is 2.83. The fourth-order valence-corrected chi connectivity index (χ4v) is 2.63. The predicted molar refractivity (Wildman–Crippen MR) is 74.4 cm³/mol. The van der Waals surface area contributed by atoms with Crippen molar-refractivity contribution in [2.24, 2.45) is 0 Å². The molecule has 2 N–H and O–H groups in total. The van der Waals surface area contributed by atoms with E-state index >= 15 is 0 Å². The molecule has 2 rings (SSSR count).